The average molecular weight is 333 g/mol. The molecule has 2 N–H and O–H groups in total. The van der Waals surface area contributed by atoms with Crippen LogP contribution in [0.3, 0.4) is 0 Å². The Bertz CT molecular complexity index is 757. The molecule has 2 aromatic rings. The molecule has 1 amide bonds. The Morgan fingerprint density at radius 3 is 2.71 bits per heavy atom. The van der Waals surface area contributed by atoms with Crippen molar-refractivity contribution < 1.29 is 13.6 Å². The summed E-state index contributed by atoms with van der Waals surface area (Å²) in [6, 6.07) is 5.73. The Morgan fingerprint density at radius 2 is 2.04 bits per heavy atom. The molecular weight excluding hydrogens is 312 g/mol. The zero-order valence-corrected chi connectivity index (χ0v) is 13.8. The van der Waals surface area contributed by atoms with Crippen LogP contribution in [0.2, 0.25) is 0 Å². The van der Waals surface area contributed by atoms with Crippen molar-refractivity contribution in [1.82, 2.24) is 9.88 Å². The van der Waals surface area contributed by atoms with Gasteiger partial charge in [0.15, 0.2) is 11.6 Å². The highest BCUT2D eigenvalue weighted by atomic mass is 19.2. The number of aromatic amines is 1. The fourth-order valence-corrected chi connectivity index (χ4v) is 3.21. The molecule has 3 rings (SSSR count). The molecule has 2 heterocycles. The summed E-state index contributed by atoms with van der Waals surface area (Å²) in [6.45, 7) is 5.08. The number of halogens is 2. The zero-order chi connectivity index (χ0) is 17.3. The number of likely N-dealkylation sites (tertiary alicyclic amines) is 1. The van der Waals surface area contributed by atoms with Crippen molar-refractivity contribution in [1.29, 1.82) is 0 Å². The van der Waals surface area contributed by atoms with Crippen LogP contribution >= 0.6 is 0 Å². The third-order valence-corrected chi connectivity index (χ3v) is 4.36. The van der Waals surface area contributed by atoms with Gasteiger partial charge in [-0.1, -0.05) is 0 Å². The first-order valence-electron chi connectivity index (χ1n) is 8.11. The van der Waals surface area contributed by atoms with Crippen LogP contribution in [-0.2, 0) is 0 Å². The topological polar surface area (TPSA) is 48.1 Å². The molecule has 24 heavy (non-hydrogen) atoms. The summed E-state index contributed by atoms with van der Waals surface area (Å²) in [7, 11) is 0. The first-order valence-corrected chi connectivity index (χ1v) is 8.11. The normalized spacial score (nSPS) is 17.8. The van der Waals surface area contributed by atoms with E-state index in [0.717, 1.165) is 36.2 Å². The smallest absolute Gasteiger partial charge is 0.270 e. The van der Waals surface area contributed by atoms with Crippen LogP contribution < -0.4 is 5.32 Å². The maximum Gasteiger partial charge on any atom is 0.270 e. The van der Waals surface area contributed by atoms with Crippen molar-refractivity contribution in [2.24, 2.45) is 0 Å². The number of piperidine rings is 1. The average Bonchev–Trinajstić information content (AvgIpc) is 2.89. The van der Waals surface area contributed by atoms with Crippen molar-refractivity contribution in [3.05, 3.63) is 52.9 Å². The van der Waals surface area contributed by atoms with Crippen LogP contribution in [-0.4, -0.2) is 34.9 Å². The number of nitrogens with zero attached hydrogens (tertiary/aromatic N) is 1. The van der Waals surface area contributed by atoms with Gasteiger partial charge in [0.05, 0.1) is 0 Å². The van der Waals surface area contributed by atoms with Crippen LogP contribution in [0.5, 0.6) is 0 Å². The third kappa shape index (κ3) is 3.42. The third-order valence-electron chi connectivity index (χ3n) is 4.36. The highest BCUT2D eigenvalue weighted by molar-refractivity contribution is 5.94. The summed E-state index contributed by atoms with van der Waals surface area (Å²) in [5.41, 5.74) is 3.05. The first kappa shape index (κ1) is 16.5. The molecule has 0 radical (unpaired) electrons. The minimum absolute atomic E-state index is 0.0163. The molecule has 1 aromatic carbocycles. The number of hydrogen-bond acceptors (Lipinski definition) is 2. The summed E-state index contributed by atoms with van der Waals surface area (Å²) in [6.07, 6.45) is 1.75. The van der Waals surface area contributed by atoms with E-state index in [2.05, 4.69) is 10.3 Å². The molecule has 1 atom stereocenters. The molecule has 1 aliphatic heterocycles. The Balaban J connectivity index is 1.68. The van der Waals surface area contributed by atoms with Crippen molar-refractivity contribution in [2.75, 3.05) is 18.4 Å². The molecule has 1 aromatic heterocycles. The van der Waals surface area contributed by atoms with Crippen LogP contribution in [0.4, 0.5) is 14.5 Å². The molecule has 0 saturated carbocycles. The summed E-state index contributed by atoms with van der Waals surface area (Å²) in [4.78, 5) is 17.6. The molecule has 1 aliphatic rings. The number of benzene rings is 1. The van der Waals surface area contributed by atoms with E-state index in [9.17, 15) is 13.6 Å². The lowest BCUT2D eigenvalue weighted by Gasteiger charge is -2.33. The van der Waals surface area contributed by atoms with E-state index in [0.29, 0.717) is 24.5 Å². The van der Waals surface area contributed by atoms with E-state index >= 15 is 0 Å². The minimum Gasteiger partial charge on any atom is -0.380 e. The van der Waals surface area contributed by atoms with Crippen molar-refractivity contribution in [2.45, 2.75) is 32.7 Å². The Labute approximate surface area is 139 Å². The van der Waals surface area contributed by atoms with Gasteiger partial charge in [-0.3, -0.25) is 4.79 Å². The Morgan fingerprint density at radius 1 is 1.25 bits per heavy atom. The number of nitrogens with one attached hydrogen (secondary N) is 2. The van der Waals surface area contributed by atoms with E-state index in [1.165, 1.54) is 6.07 Å². The molecule has 1 fully saturated rings. The molecule has 0 spiro atoms. The molecule has 0 bridgehead atoms. The molecule has 1 unspecified atom stereocenters. The summed E-state index contributed by atoms with van der Waals surface area (Å²) in [5.74, 6) is -1.75. The number of aromatic nitrogens is 1. The van der Waals surface area contributed by atoms with Crippen LogP contribution in [0.1, 0.15) is 34.6 Å². The van der Waals surface area contributed by atoms with Crippen LogP contribution in [0.25, 0.3) is 0 Å². The highest BCUT2D eigenvalue weighted by Gasteiger charge is 2.26. The fraction of sp³-hybridized carbons (Fsp3) is 0.389. The molecule has 1 saturated heterocycles. The lowest BCUT2D eigenvalue weighted by atomic mass is 10.0. The summed E-state index contributed by atoms with van der Waals surface area (Å²) < 4.78 is 26.3. The largest absolute Gasteiger partial charge is 0.380 e. The Kier molecular flexibility index (Phi) is 4.55. The number of rotatable bonds is 3. The Hall–Kier alpha value is -2.37. The van der Waals surface area contributed by atoms with Gasteiger partial charge >= 0.3 is 0 Å². The van der Waals surface area contributed by atoms with Crippen molar-refractivity contribution in [3.8, 4) is 0 Å². The lowest BCUT2D eigenvalue weighted by molar-refractivity contribution is 0.0708. The summed E-state index contributed by atoms with van der Waals surface area (Å²) >= 11 is 0. The number of aryl methyl sites for hydroxylation is 2. The molecule has 6 heteroatoms. The monoisotopic (exact) mass is 333 g/mol. The minimum atomic E-state index is -0.874. The van der Waals surface area contributed by atoms with E-state index in [1.54, 1.807) is 4.90 Å². The zero-order valence-electron chi connectivity index (χ0n) is 13.8. The maximum atomic E-state index is 13.3. The lowest BCUT2D eigenvalue weighted by Crippen LogP contribution is -2.45. The van der Waals surface area contributed by atoms with Gasteiger partial charge < -0.3 is 15.2 Å². The molecule has 4 nitrogen and oxygen atoms in total. The molecular formula is C18H21F2N3O. The van der Waals surface area contributed by atoms with E-state index < -0.39 is 11.6 Å². The van der Waals surface area contributed by atoms with E-state index in [-0.39, 0.29) is 11.9 Å². The number of hydrogen-bond donors (Lipinski definition) is 2. The van der Waals surface area contributed by atoms with Crippen molar-refractivity contribution >= 4 is 11.6 Å². The number of anilines is 1. The second kappa shape index (κ2) is 6.63. The van der Waals surface area contributed by atoms with E-state index in [4.69, 9.17) is 0 Å². The highest BCUT2D eigenvalue weighted by Crippen LogP contribution is 2.20. The summed E-state index contributed by atoms with van der Waals surface area (Å²) in [5, 5.41) is 3.19. The van der Waals surface area contributed by atoms with Gasteiger partial charge in [-0.05, 0) is 50.5 Å². The maximum absolute atomic E-state index is 13.3. The van der Waals surface area contributed by atoms with Gasteiger partial charge in [0.25, 0.3) is 5.91 Å². The van der Waals surface area contributed by atoms with E-state index in [1.807, 2.05) is 19.9 Å². The van der Waals surface area contributed by atoms with Gasteiger partial charge in [-0.15, -0.1) is 0 Å². The number of carbonyl (C=O) groups is 1. The SMILES string of the molecule is Cc1cc(C)c(C(=O)N2CCCC(Nc3ccc(F)c(F)c3)C2)[nH]1. The van der Waals surface area contributed by atoms with Gasteiger partial charge in [-0.25, -0.2) is 8.78 Å². The van der Waals surface area contributed by atoms with Gasteiger partial charge in [0, 0.05) is 36.6 Å². The fourth-order valence-electron chi connectivity index (χ4n) is 3.21. The van der Waals surface area contributed by atoms with Gasteiger partial charge in [0.2, 0.25) is 0 Å². The molecule has 128 valence electrons. The number of H-pyrrole nitrogens is 1. The quantitative estimate of drug-likeness (QED) is 0.901. The van der Waals surface area contributed by atoms with Crippen LogP contribution in [0, 0.1) is 25.5 Å². The second-order valence-corrected chi connectivity index (χ2v) is 6.37. The predicted octanol–water partition coefficient (Wildman–Crippen LogP) is 3.63. The van der Waals surface area contributed by atoms with Gasteiger partial charge in [0.1, 0.15) is 5.69 Å². The van der Waals surface area contributed by atoms with Crippen LogP contribution in [0.15, 0.2) is 24.3 Å². The predicted molar refractivity (Wildman–Crippen MR) is 89.2 cm³/mol. The number of amides is 1. The first-order chi connectivity index (χ1) is 11.4. The number of carbonyl (C=O) groups excluding carboxylic acids is 1. The standard InChI is InChI=1S/C18H21F2N3O/c1-11-8-12(2)21-17(11)18(24)23-7-3-4-14(10-23)22-13-5-6-15(19)16(20)9-13/h5-6,8-9,14,21-22H,3-4,7,10H2,1-2H3. The second-order valence-electron chi connectivity index (χ2n) is 6.37. The van der Waals surface area contributed by atoms with Gasteiger partial charge in [-0.2, -0.15) is 0 Å². The van der Waals surface area contributed by atoms with Crippen molar-refractivity contribution in [3.63, 3.8) is 0 Å². The molecule has 0 aliphatic carbocycles.